The first-order valence-corrected chi connectivity index (χ1v) is 8.60. The fraction of sp³-hybridized carbons (Fsp3) is 0.812. The Morgan fingerprint density at radius 2 is 2.33 bits per heavy atom. The Labute approximate surface area is 143 Å². The van der Waals surface area contributed by atoms with Gasteiger partial charge in [0.2, 0.25) is 5.91 Å². The number of aliphatic hydroxyl groups excluding tert-OH is 1. The van der Waals surface area contributed by atoms with Crippen molar-refractivity contribution in [3.63, 3.8) is 0 Å². The number of nitrogens with one attached hydrogen (secondary N) is 1. The SMILES string of the molecule is CNC[C@H]1OCc2cn(nn2)CCCC(=O)N([C@@H](C)CO)C[C@@H]1C. The third-order valence-corrected chi connectivity index (χ3v) is 4.45. The van der Waals surface area contributed by atoms with E-state index in [9.17, 15) is 9.90 Å². The van der Waals surface area contributed by atoms with Crippen LogP contribution in [0.25, 0.3) is 0 Å². The number of ether oxygens (including phenoxy) is 1. The van der Waals surface area contributed by atoms with Crippen molar-refractivity contribution >= 4 is 5.91 Å². The average molecular weight is 339 g/mol. The lowest BCUT2D eigenvalue weighted by Crippen LogP contribution is -2.46. The first-order valence-electron chi connectivity index (χ1n) is 8.60. The van der Waals surface area contributed by atoms with Gasteiger partial charge in [0.1, 0.15) is 5.69 Å². The van der Waals surface area contributed by atoms with Gasteiger partial charge in [-0.25, -0.2) is 0 Å². The molecule has 1 aliphatic rings. The van der Waals surface area contributed by atoms with E-state index in [0.29, 0.717) is 39.1 Å². The summed E-state index contributed by atoms with van der Waals surface area (Å²) in [6, 6.07) is -0.197. The van der Waals surface area contributed by atoms with Gasteiger partial charge in [-0.3, -0.25) is 9.48 Å². The van der Waals surface area contributed by atoms with Crippen molar-refractivity contribution in [1.82, 2.24) is 25.2 Å². The fourth-order valence-electron chi connectivity index (χ4n) is 2.92. The van der Waals surface area contributed by atoms with Crippen LogP contribution in [0.15, 0.2) is 6.20 Å². The maximum absolute atomic E-state index is 12.6. The van der Waals surface area contributed by atoms with Crippen LogP contribution in [-0.2, 0) is 22.7 Å². The van der Waals surface area contributed by atoms with Crippen molar-refractivity contribution < 1.29 is 14.6 Å². The molecule has 0 saturated heterocycles. The van der Waals surface area contributed by atoms with Gasteiger partial charge in [-0.15, -0.1) is 5.10 Å². The summed E-state index contributed by atoms with van der Waals surface area (Å²) in [6.45, 7) is 6.21. The Hall–Kier alpha value is -1.51. The first kappa shape index (κ1) is 18.8. The Balaban J connectivity index is 2.18. The van der Waals surface area contributed by atoms with E-state index < -0.39 is 0 Å². The van der Waals surface area contributed by atoms with Gasteiger partial charge in [-0.1, -0.05) is 12.1 Å². The van der Waals surface area contributed by atoms with Crippen molar-refractivity contribution in [1.29, 1.82) is 0 Å². The van der Waals surface area contributed by atoms with Crippen molar-refractivity contribution in [3.05, 3.63) is 11.9 Å². The predicted molar refractivity (Wildman–Crippen MR) is 89.2 cm³/mol. The standard InChI is InChI=1S/C16H29N5O3/c1-12-8-21(13(2)10-22)16(23)5-4-6-20-9-14(18-19-20)11-24-15(12)7-17-3/h9,12-13,15,17,22H,4-8,10-11H2,1-3H3/t12-,13-,15+/m0/s1. The summed E-state index contributed by atoms with van der Waals surface area (Å²) in [5.74, 6) is 0.192. The minimum absolute atomic E-state index is 0.0396. The molecule has 0 radical (unpaired) electrons. The zero-order chi connectivity index (χ0) is 17.5. The number of aliphatic hydroxyl groups is 1. The summed E-state index contributed by atoms with van der Waals surface area (Å²) in [5, 5.41) is 20.8. The van der Waals surface area contributed by atoms with Crippen LogP contribution in [0, 0.1) is 5.92 Å². The van der Waals surface area contributed by atoms with E-state index >= 15 is 0 Å². The maximum Gasteiger partial charge on any atom is 0.222 e. The second-order valence-electron chi connectivity index (χ2n) is 6.54. The number of fused-ring (bicyclic) bond motifs is 2. The minimum atomic E-state index is -0.197. The summed E-state index contributed by atoms with van der Waals surface area (Å²) in [6.07, 6.45) is 2.95. The number of aromatic nitrogens is 3. The molecule has 2 N–H and O–H groups in total. The zero-order valence-electron chi connectivity index (χ0n) is 14.8. The molecule has 0 unspecified atom stereocenters. The number of hydrogen-bond donors (Lipinski definition) is 2. The first-order chi connectivity index (χ1) is 11.5. The van der Waals surface area contributed by atoms with Crippen LogP contribution in [-0.4, -0.2) is 69.8 Å². The highest BCUT2D eigenvalue weighted by molar-refractivity contribution is 5.76. The number of aryl methyl sites for hydroxylation is 1. The van der Waals surface area contributed by atoms with Crippen LogP contribution in [0.3, 0.4) is 0 Å². The Bertz CT molecular complexity index is 522. The molecule has 0 saturated carbocycles. The number of nitrogens with zero attached hydrogens (tertiary/aromatic N) is 4. The highest BCUT2D eigenvalue weighted by Gasteiger charge is 2.26. The molecule has 0 spiro atoms. The lowest BCUT2D eigenvalue weighted by molar-refractivity contribution is -0.136. The molecule has 3 atom stereocenters. The van der Waals surface area contributed by atoms with E-state index in [1.165, 1.54) is 0 Å². The number of carbonyl (C=O) groups excluding carboxylic acids is 1. The van der Waals surface area contributed by atoms with E-state index in [1.54, 1.807) is 9.58 Å². The largest absolute Gasteiger partial charge is 0.394 e. The van der Waals surface area contributed by atoms with Crippen molar-refractivity contribution in [2.24, 2.45) is 5.92 Å². The molecule has 8 heteroatoms. The minimum Gasteiger partial charge on any atom is -0.394 e. The fourth-order valence-corrected chi connectivity index (χ4v) is 2.92. The van der Waals surface area contributed by atoms with Gasteiger partial charge in [0.15, 0.2) is 0 Å². The highest BCUT2D eigenvalue weighted by Crippen LogP contribution is 2.16. The molecule has 0 aromatic carbocycles. The molecule has 0 aliphatic carbocycles. The van der Waals surface area contributed by atoms with Crippen LogP contribution in [0.1, 0.15) is 32.4 Å². The zero-order valence-corrected chi connectivity index (χ0v) is 14.8. The summed E-state index contributed by atoms with van der Waals surface area (Å²) in [5.41, 5.74) is 0.800. The van der Waals surface area contributed by atoms with Crippen LogP contribution < -0.4 is 5.32 Å². The summed E-state index contributed by atoms with van der Waals surface area (Å²) < 4.78 is 7.77. The molecular weight excluding hydrogens is 310 g/mol. The summed E-state index contributed by atoms with van der Waals surface area (Å²) in [7, 11) is 1.88. The summed E-state index contributed by atoms with van der Waals surface area (Å²) >= 11 is 0. The molecular formula is C16H29N5O3. The monoisotopic (exact) mass is 339 g/mol. The number of hydrogen-bond acceptors (Lipinski definition) is 6. The number of amides is 1. The smallest absolute Gasteiger partial charge is 0.222 e. The van der Waals surface area contributed by atoms with Gasteiger partial charge < -0.3 is 20.1 Å². The van der Waals surface area contributed by atoms with Gasteiger partial charge in [-0.2, -0.15) is 0 Å². The second-order valence-corrected chi connectivity index (χ2v) is 6.54. The Kier molecular flexibility index (Phi) is 7.14. The number of likely N-dealkylation sites (N-methyl/N-ethyl adjacent to an activating group) is 1. The van der Waals surface area contributed by atoms with E-state index in [1.807, 2.05) is 20.2 Å². The van der Waals surface area contributed by atoms with E-state index in [2.05, 4.69) is 22.6 Å². The van der Waals surface area contributed by atoms with E-state index in [4.69, 9.17) is 4.74 Å². The van der Waals surface area contributed by atoms with Crippen LogP contribution in [0.2, 0.25) is 0 Å². The molecule has 1 aliphatic heterocycles. The molecule has 8 nitrogen and oxygen atoms in total. The topological polar surface area (TPSA) is 92.5 Å². The quantitative estimate of drug-likeness (QED) is 0.804. The molecule has 136 valence electrons. The molecule has 2 heterocycles. The molecule has 24 heavy (non-hydrogen) atoms. The molecule has 1 amide bonds. The van der Waals surface area contributed by atoms with Crippen LogP contribution in [0.4, 0.5) is 0 Å². The molecule has 1 aromatic rings. The molecule has 1 aromatic heterocycles. The Morgan fingerprint density at radius 1 is 1.54 bits per heavy atom. The van der Waals surface area contributed by atoms with Gasteiger partial charge in [0.25, 0.3) is 0 Å². The number of carbonyl (C=O) groups is 1. The molecule has 2 rings (SSSR count). The van der Waals surface area contributed by atoms with E-state index in [0.717, 1.165) is 5.69 Å². The van der Waals surface area contributed by atoms with E-state index in [-0.39, 0.29) is 30.6 Å². The lowest BCUT2D eigenvalue weighted by Gasteiger charge is -2.33. The predicted octanol–water partition coefficient (Wildman–Crippen LogP) is 0.0220. The number of rotatable bonds is 4. The summed E-state index contributed by atoms with van der Waals surface area (Å²) in [4.78, 5) is 14.4. The van der Waals surface area contributed by atoms with Crippen molar-refractivity contribution in [2.45, 2.75) is 52.0 Å². The van der Waals surface area contributed by atoms with Crippen LogP contribution in [0.5, 0.6) is 0 Å². The molecule has 0 fully saturated rings. The molecule has 2 bridgehead atoms. The van der Waals surface area contributed by atoms with Gasteiger partial charge in [0.05, 0.1) is 31.6 Å². The Morgan fingerprint density at radius 3 is 3.04 bits per heavy atom. The van der Waals surface area contributed by atoms with Crippen LogP contribution >= 0.6 is 0 Å². The highest BCUT2D eigenvalue weighted by atomic mass is 16.5. The lowest BCUT2D eigenvalue weighted by atomic mass is 10.0. The van der Waals surface area contributed by atoms with Gasteiger partial charge >= 0.3 is 0 Å². The normalized spacial score (nSPS) is 24.8. The van der Waals surface area contributed by atoms with Gasteiger partial charge in [0, 0.05) is 32.0 Å². The average Bonchev–Trinajstić information content (AvgIpc) is 3.02. The third-order valence-electron chi connectivity index (χ3n) is 4.45. The third kappa shape index (κ3) is 4.99. The second kappa shape index (κ2) is 9.10. The van der Waals surface area contributed by atoms with Gasteiger partial charge in [-0.05, 0) is 20.4 Å². The van der Waals surface area contributed by atoms with Crippen molar-refractivity contribution in [2.75, 3.05) is 26.7 Å². The maximum atomic E-state index is 12.6. The van der Waals surface area contributed by atoms with Crippen molar-refractivity contribution in [3.8, 4) is 0 Å².